The predicted molar refractivity (Wildman–Crippen MR) is 87.2 cm³/mol. The maximum absolute atomic E-state index is 6.40. The maximum atomic E-state index is 6.40. The molecule has 1 fully saturated rings. The number of rotatable bonds is 2. The van der Waals surface area contributed by atoms with Gasteiger partial charge in [0.15, 0.2) is 0 Å². The van der Waals surface area contributed by atoms with Crippen LogP contribution in [0.1, 0.15) is 39.3 Å². The van der Waals surface area contributed by atoms with Crippen LogP contribution in [-0.2, 0) is 0 Å². The van der Waals surface area contributed by atoms with Crippen molar-refractivity contribution in [2.45, 2.75) is 49.4 Å². The molecule has 0 bridgehead atoms. The number of hydrogen-bond acceptors (Lipinski definition) is 5. The summed E-state index contributed by atoms with van der Waals surface area (Å²) in [6.07, 6.45) is 4.05. The Labute approximate surface area is 133 Å². The lowest BCUT2D eigenvalue weighted by Gasteiger charge is -2.24. The highest BCUT2D eigenvalue weighted by molar-refractivity contribution is 8.01. The Balaban J connectivity index is 1.81. The number of nitrogens with zero attached hydrogens (tertiary/aromatic N) is 2. The lowest BCUT2D eigenvalue weighted by atomic mass is 10.0. The normalized spacial score (nSPS) is 25.4. The zero-order valence-electron chi connectivity index (χ0n) is 12.2. The van der Waals surface area contributed by atoms with E-state index >= 15 is 0 Å². The van der Waals surface area contributed by atoms with Gasteiger partial charge >= 0.3 is 0 Å². The van der Waals surface area contributed by atoms with Crippen LogP contribution in [0, 0.1) is 0 Å². The van der Waals surface area contributed by atoms with Crippen molar-refractivity contribution in [1.29, 1.82) is 0 Å². The first-order valence-corrected chi connectivity index (χ1v) is 8.38. The number of thioether (sulfide) groups is 1. The second-order valence-electron chi connectivity index (χ2n) is 6.21. The highest BCUT2D eigenvalue weighted by atomic mass is 35.5. The van der Waals surface area contributed by atoms with Crippen LogP contribution < -0.4 is 10.6 Å². The third-order valence-electron chi connectivity index (χ3n) is 4.39. The number of dihydropyridines is 1. The Morgan fingerprint density at radius 3 is 2.86 bits per heavy atom. The second kappa shape index (κ2) is 4.40. The van der Waals surface area contributed by atoms with E-state index in [1.807, 2.05) is 6.92 Å². The molecule has 2 aliphatic heterocycles. The molecule has 0 spiro atoms. The molecule has 3 heterocycles. The first kappa shape index (κ1) is 13.5. The van der Waals surface area contributed by atoms with Gasteiger partial charge in [0.25, 0.3) is 0 Å². The lowest BCUT2D eigenvalue weighted by molar-refractivity contribution is 0.811. The van der Waals surface area contributed by atoms with Crippen molar-refractivity contribution in [3.63, 3.8) is 0 Å². The van der Waals surface area contributed by atoms with E-state index in [9.17, 15) is 0 Å². The summed E-state index contributed by atoms with van der Waals surface area (Å²) in [5.41, 5.74) is 4.56. The third-order valence-corrected chi connectivity index (χ3v) is 6.17. The molecule has 0 aromatic carbocycles. The van der Waals surface area contributed by atoms with Gasteiger partial charge in [0.1, 0.15) is 17.5 Å². The lowest BCUT2D eigenvalue weighted by Crippen LogP contribution is -2.27. The van der Waals surface area contributed by atoms with Gasteiger partial charge in [-0.1, -0.05) is 23.4 Å². The summed E-state index contributed by atoms with van der Waals surface area (Å²) in [5.74, 6) is 0.954. The van der Waals surface area contributed by atoms with Crippen LogP contribution >= 0.6 is 23.4 Å². The molecule has 6 heteroatoms. The molecule has 1 aliphatic carbocycles. The predicted octanol–water partition coefficient (Wildman–Crippen LogP) is 3.72. The van der Waals surface area contributed by atoms with Crippen molar-refractivity contribution in [3.05, 3.63) is 28.3 Å². The highest BCUT2D eigenvalue weighted by Crippen LogP contribution is 2.51. The monoisotopic (exact) mass is 320 g/mol. The molecule has 1 atom stereocenters. The average Bonchev–Trinajstić information content (AvgIpc) is 3.04. The number of halogens is 1. The largest absolute Gasteiger partial charge is 0.372 e. The molecule has 21 heavy (non-hydrogen) atoms. The Kier molecular flexibility index (Phi) is 2.82. The van der Waals surface area contributed by atoms with Crippen LogP contribution in [0.15, 0.2) is 27.5 Å². The molecule has 110 valence electrons. The number of fused-ring (bicyclic) bond motifs is 3. The van der Waals surface area contributed by atoms with Crippen LogP contribution in [0.3, 0.4) is 0 Å². The summed E-state index contributed by atoms with van der Waals surface area (Å²) in [7, 11) is 0. The van der Waals surface area contributed by atoms with Gasteiger partial charge in [-0.15, -0.1) is 0 Å². The molecule has 0 radical (unpaired) electrons. The van der Waals surface area contributed by atoms with Crippen molar-refractivity contribution >= 4 is 34.8 Å². The van der Waals surface area contributed by atoms with E-state index in [1.165, 1.54) is 18.4 Å². The SMILES string of the molecule is CC1=C(Cl)C(C)=C2c3ncnc(NC4(C)CC4)c3S[C@H]2N1. The fourth-order valence-corrected chi connectivity index (χ4v) is 4.32. The molecule has 0 amide bonds. The molecule has 3 aliphatic rings. The van der Waals surface area contributed by atoms with Crippen LogP contribution in [0.5, 0.6) is 0 Å². The third kappa shape index (κ3) is 2.06. The van der Waals surface area contributed by atoms with Crippen molar-refractivity contribution in [2.24, 2.45) is 0 Å². The quantitative estimate of drug-likeness (QED) is 0.869. The number of anilines is 1. The zero-order valence-corrected chi connectivity index (χ0v) is 13.8. The van der Waals surface area contributed by atoms with E-state index in [0.29, 0.717) is 0 Å². The molecule has 1 saturated carbocycles. The zero-order chi connectivity index (χ0) is 14.8. The summed E-state index contributed by atoms with van der Waals surface area (Å²) in [6.45, 7) is 6.32. The van der Waals surface area contributed by atoms with Gasteiger partial charge in [-0.3, -0.25) is 0 Å². The van der Waals surface area contributed by atoms with E-state index in [-0.39, 0.29) is 10.9 Å². The smallest absolute Gasteiger partial charge is 0.144 e. The van der Waals surface area contributed by atoms with E-state index in [4.69, 9.17) is 11.6 Å². The molecule has 1 aromatic rings. The topological polar surface area (TPSA) is 49.8 Å². The van der Waals surface area contributed by atoms with E-state index in [1.54, 1.807) is 18.1 Å². The highest BCUT2D eigenvalue weighted by Gasteiger charge is 2.41. The minimum Gasteiger partial charge on any atom is -0.372 e. The molecular formula is C15H17ClN4S. The Morgan fingerprint density at radius 2 is 2.14 bits per heavy atom. The molecular weight excluding hydrogens is 304 g/mol. The fourth-order valence-electron chi connectivity index (χ4n) is 2.80. The number of hydrogen-bond donors (Lipinski definition) is 2. The van der Waals surface area contributed by atoms with E-state index in [2.05, 4.69) is 34.4 Å². The Morgan fingerprint density at radius 1 is 1.38 bits per heavy atom. The number of allylic oxidation sites excluding steroid dienone is 3. The van der Waals surface area contributed by atoms with Crippen LogP contribution in [0.25, 0.3) is 5.57 Å². The molecule has 4 rings (SSSR count). The molecule has 1 aromatic heterocycles. The van der Waals surface area contributed by atoms with Gasteiger partial charge in [0, 0.05) is 16.8 Å². The Hall–Kier alpha value is -1.20. The maximum Gasteiger partial charge on any atom is 0.144 e. The standard InChI is InChI=1S/C15H17ClN4S/c1-7-9-11-12(21-14(9)19-8(2)10(7)16)13(18-6-17-11)20-15(3)4-5-15/h6,14,19H,4-5H2,1-3H3,(H,17,18,20)/t14-/m1/s1. The second-order valence-corrected chi connectivity index (χ2v) is 7.70. The first-order valence-electron chi connectivity index (χ1n) is 7.13. The van der Waals surface area contributed by atoms with Crippen molar-refractivity contribution in [3.8, 4) is 0 Å². The van der Waals surface area contributed by atoms with Gasteiger partial charge < -0.3 is 10.6 Å². The van der Waals surface area contributed by atoms with Crippen molar-refractivity contribution < 1.29 is 0 Å². The summed E-state index contributed by atoms with van der Waals surface area (Å²) in [6, 6.07) is 0. The molecule has 0 saturated heterocycles. The minimum absolute atomic E-state index is 0.187. The van der Waals surface area contributed by atoms with Gasteiger partial charge in [0.05, 0.1) is 15.6 Å². The van der Waals surface area contributed by atoms with Crippen molar-refractivity contribution in [1.82, 2.24) is 15.3 Å². The number of aromatic nitrogens is 2. The first-order chi connectivity index (χ1) is 9.98. The van der Waals surface area contributed by atoms with E-state index < -0.39 is 0 Å². The van der Waals surface area contributed by atoms with Gasteiger partial charge in [-0.2, -0.15) is 0 Å². The van der Waals surface area contributed by atoms with Gasteiger partial charge in [0.2, 0.25) is 0 Å². The van der Waals surface area contributed by atoms with Gasteiger partial charge in [-0.05, 0) is 39.2 Å². The molecule has 2 N–H and O–H groups in total. The summed E-state index contributed by atoms with van der Waals surface area (Å²) in [4.78, 5) is 10.1. The fraction of sp³-hybridized carbons (Fsp3) is 0.467. The Bertz CT molecular complexity index is 706. The molecule has 0 unspecified atom stereocenters. The summed E-state index contributed by atoms with van der Waals surface area (Å²) < 4.78 is 0. The van der Waals surface area contributed by atoms with Crippen LogP contribution in [0.4, 0.5) is 5.82 Å². The van der Waals surface area contributed by atoms with Crippen LogP contribution in [-0.4, -0.2) is 20.9 Å². The van der Waals surface area contributed by atoms with Gasteiger partial charge in [-0.25, -0.2) is 9.97 Å². The van der Waals surface area contributed by atoms with Crippen molar-refractivity contribution in [2.75, 3.05) is 5.32 Å². The molecule has 4 nitrogen and oxygen atoms in total. The average molecular weight is 321 g/mol. The summed E-state index contributed by atoms with van der Waals surface area (Å²) >= 11 is 8.17. The van der Waals surface area contributed by atoms with E-state index in [0.717, 1.165) is 32.7 Å². The summed E-state index contributed by atoms with van der Waals surface area (Å²) in [5, 5.41) is 8.03. The van der Waals surface area contributed by atoms with Crippen LogP contribution in [0.2, 0.25) is 0 Å². The number of nitrogens with one attached hydrogen (secondary N) is 2. The minimum atomic E-state index is 0.187.